The minimum Gasteiger partial charge on any atom is -0.264 e. The summed E-state index contributed by atoms with van der Waals surface area (Å²) < 4.78 is 27.9. The van der Waals surface area contributed by atoms with Crippen LogP contribution in [0, 0.1) is 0 Å². The molecular formula is C18H19NO2S2. The number of thioether (sulfide) groups is 1. The number of aryl methyl sites for hydroxylation is 2. The number of anilines is 1. The van der Waals surface area contributed by atoms with Crippen LogP contribution in [-0.2, 0) is 22.9 Å². The highest BCUT2D eigenvalue weighted by Crippen LogP contribution is 2.37. The van der Waals surface area contributed by atoms with Crippen molar-refractivity contribution in [1.29, 1.82) is 0 Å². The van der Waals surface area contributed by atoms with Gasteiger partial charge >= 0.3 is 0 Å². The van der Waals surface area contributed by atoms with Crippen LogP contribution in [0.2, 0.25) is 0 Å². The van der Waals surface area contributed by atoms with Crippen LogP contribution in [0.25, 0.3) is 0 Å². The lowest BCUT2D eigenvalue weighted by Crippen LogP contribution is -2.35. The molecule has 5 heteroatoms. The van der Waals surface area contributed by atoms with Gasteiger partial charge in [0, 0.05) is 17.2 Å². The van der Waals surface area contributed by atoms with Crippen molar-refractivity contribution in [3.63, 3.8) is 0 Å². The summed E-state index contributed by atoms with van der Waals surface area (Å²) in [4.78, 5) is 1.47. The molecule has 1 aliphatic carbocycles. The summed E-state index contributed by atoms with van der Waals surface area (Å²) in [6.07, 6.45) is 4.42. The number of fused-ring (bicyclic) bond motifs is 2. The highest BCUT2D eigenvalue weighted by atomic mass is 32.2. The Kier molecular flexibility index (Phi) is 3.85. The third kappa shape index (κ3) is 2.66. The van der Waals surface area contributed by atoms with Gasteiger partial charge in [-0.15, -0.1) is 11.8 Å². The summed E-state index contributed by atoms with van der Waals surface area (Å²) in [5.74, 6) is 0.793. The zero-order chi connectivity index (χ0) is 15.9. The van der Waals surface area contributed by atoms with Crippen molar-refractivity contribution in [3.8, 4) is 0 Å². The zero-order valence-electron chi connectivity index (χ0n) is 12.9. The van der Waals surface area contributed by atoms with E-state index in [1.807, 2.05) is 36.4 Å². The summed E-state index contributed by atoms with van der Waals surface area (Å²) >= 11 is 1.72. The fraction of sp³-hybridized carbons (Fsp3) is 0.333. The van der Waals surface area contributed by atoms with Crippen LogP contribution in [0.1, 0.15) is 24.0 Å². The molecule has 120 valence electrons. The number of rotatable bonds is 2. The van der Waals surface area contributed by atoms with Crippen LogP contribution in [0.3, 0.4) is 0 Å². The van der Waals surface area contributed by atoms with Crippen LogP contribution in [0.5, 0.6) is 0 Å². The fourth-order valence-electron chi connectivity index (χ4n) is 3.39. The Hall–Kier alpha value is -1.46. The van der Waals surface area contributed by atoms with Crippen molar-refractivity contribution in [2.75, 3.05) is 16.6 Å². The molecule has 1 heterocycles. The molecule has 2 aromatic carbocycles. The fourth-order valence-corrected chi connectivity index (χ4v) is 6.09. The monoisotopic (exact) mass is 345 g/mol. The molecule has 0 saturated carbocycles. The van der Waals surface area contributed by atoms with Gasteiger partial charge in [-0.2, -0.15) is 0 Å². The zero-order valence-corrected chi connectivity index (χ0v) is 14.5. The van der Waals surface area contributed by atoms with Crippen molar-refractivity contribution in [2.45, 2.75) is 35.5 Å². The molecule has 0 spiro atoms. The van der Waals surface area contributed by atoms with Gasteiger partial charge in [0.2, 0.25) is 0 Å². The average molecular weight is 345 g/mol. The molecule has 2 aromatic rings. The highest BCUT2D eigenvalue weighted by Gasteiger charge is 2.29. The number of benzene rings is 2. The minimum atomic E-state index is -3.49. The Balaban J connectivity index is 1.77. The Morgan fingerprint density at radius 1 is 0.957 bits per heavy atom. The van der Waals surface area contributed by atoms with Gasteiger partial charge in [-0.3, -0.25) is 4.31 Å². The first-order valence-electron chi connectivity index (χ1n) is 8.03. The summed E-state index contributed by atoms with van der Waals surface area (Å²) in [7, 11) is -3.49. The normalized spacial score (nSPS) is 17.5. The van der Waals surface area contributed by atoms with Crippen molar-refractivity contribution in [2.24, 2.45) is 0 Å². The Bertz CT molecular complexity index is 846. The molecule has 0 N–H and O–H groups in total. The Morgan fingerprint density at radius 3 is 2.61 bits per heavy atom. The largest absolute Gasteiger partial charge is 0.264 e. The van der Waals surface area contributed by atoms with E-state index in [0.717, 1.165) is 35.6 Å². The lowest BCUT2D eigenvalue weighted by molar-refractivity contribution is 0.590. The third-order valence-electron chi connectivity index (χ3n) is 4.59. The molecule has 0 amide bonds. The number of nitrogens with zero attached hydrogens (tertiary/aromatic N) is 1. The van der Waals surface area contributed by atoms with E-state index in [4.69, 9.17) is 0 Å². The maximum absolute atomic E-state index is 13.2. The van der Waals surface area contributed by atoms with Crippen molar-refractivity contribution in [1.82, 2.24) is 0 Å². The summed E-state index contributed by atoms with van der Waals surface area (Å²) in [5, 5.41) is 0. The van der Waals surface area contributed by atoms with E-state index in [-0.39, 0.29) is 0 Å². The van der Waals surface area contributed by atoms with Gasteiger partial charge < -0.3 is 0 Å². The molecule has 0 fully saturated rings. The van der Waals surface area contributed by atoms with E-state index < -0.39 is 10.0 Å². The van der Waals surface area contributed by atoms with E-state index >= 15 is 0 Å². The van der Waals surface area contributed by atoms with Gasteiger partial charge in [0.25, 0.3) is 10.0 Å². The molecule has 0 unspecified atom stereocenters. The molecule has 0 atom stereocenters. The van der Waals surface area contributed by atoms with Gasteiger partial charge in [-0.25, -0.2) is 8.42 Å². The maximum Gasteiger partial charge on any atom is 0.264 e. The van der Waals surface area contributed by atoms with Gasteiger partial charge in [0.05, 0.1) is 10.6 Å². The second-order valence-corrected chi connectivity index (χ2v) is 9.03. The molecule has 0 aromatic heterocycles. The van der Waals surface area contributed by atoms with Crippen molar-refractivity contribution < 1.29 is 8.42 Å². The quantitative estimate of drug-likeness (QED) is 0.829. The first kappa shape index (κ1) is 15.1. The average Bonchev–Trinajstić information content (AvgIpc) is 2.60. The topological polar surface area (TPSA) is 37.4 Å². The highest BCUT2D eigenvalue weighted by molar-refractivity contribution is 8.00. The lowest BCUT2D eigenvalue weighted by Gasteiger charge is -2.30. The first-order chi connectivity index (χ1) is 11.2. The Labute approximate surface area is 141 Å². The van der Waals surface area contributed by atoms with E-state index in [1.165, 1.54) is 17.5 Å². The SMILES string of the molecule is O=S(=O)(c1ccc2c(c1)CCCC2)N1CCSc2ccccc21. The molecule has 2 aliphatic rings. The van der Waals surface area contributed by atoms with Crippen LogP contribution in [0.4, 0.5) is 5.69 Å². The van der Waals surface area contributed by atoms with Crippen LogP contribution in [-0.4, -0.2) is 20.7 Å². The minimum absolute atomic E-state index is 0.430. The maximum atomic E-state index is 13.2. The molecule has 0 bridgehead atoms. The number of hydrogen-bond acceptors (Lipinski definition) is 3. The van der Waals surface area contributed by atoms with Gasteiger partial charge in [0.1, 0.15) is 0 Å². The van der Waals surface area contributed by atoms with Crippen LogP contribution >= 0.6 is 11.8 Å². The standard InChI is InChI=1S/C18H19NO2S2/c20-23(21,16-10-9-14-5-1-2-6-15(14)13-16)19-11-12-22-18-8-4-3-7-17(18)19/h3-4,7-10,13H,1-2,5-6,11-12H2. The summed E-state index contributed by atoms with van der Waals surface area (Å²) in [6.45, 7) is 0.529. The molecule has 23 heavy (non-hydrogen) atoms. The second kappa shape index (κ2) is 5.87. The third-order valence-corrected chi connectivity index (χ3v) is 7.45. The van der Waals surface area contributed by atoms with E-state index in [0.29, 0.717) is 11.4 Å². The first-order valence-corrected chi connectivity index (χ1v) is 10.5. The predicted octanol–water partition coefficient (Wildman–Crippen LogP) is 3.87. The predicted molar refractivity (Wildman–Crippen MR) is 94.8 cm³/mol. The van der Waals surface area contributed by atoms with Crippen molar-refractivity contribution >= 4 is 27.5 Å². The van der Waals surface area contributed by atoms with E-state index in [9.17, 15) is 8.42 Å². The van der Waals surface area contributed by atoms with Gasteiger partial charge in [-0.05, 0) is 61.1 Å². The smallest absolute Gasteiger partial charge is 0.264 e. The molecule has 0 radical (unpaired) electrons. The summed E-state index contributed by atoms with van der Waals surface area (Å²) in [6, 6.07) is 13.4. The number of para-hydroxylation sites is 1. The summed E-state index contributed by atoms with van der Waals surface area (Å²) in [5.41, 5.74) is 3.32. The molecule has 3 nitrogen and oxygen atoms in total. The molecule has 4 rings (SSSR count). The van der Waals surface area contributed by atoms with Crippen LogP contribution in [0.15, 0.2) is 52.3 Å². The second-order valence-electron chi connectivity index (χ2n) is 6.03. The van der Waals surface area contributed by atoms with E-state index in [1.54, 1.807) is 22.1 Å². The molecular weight excluding hydrogens is 326 g/mol. The van der Waals surface area contributed by atoms with Crippen LogP contribution < -0.4 is 4.31 Å². The lowest BCUT2D eigenvalue weighted by atomic mass is 9.92. The Morgan fingerprint density at radius 2 is 1.74 bits per heavy atom. The van der Waals surface area contributed by atoms with Crippen molar-refractivity contribution in [3.05, 3.63) is 53.6 Å². The number of hydrogen-bond donors (Lipinski definition) is 0. The molecule has 1 aliphatic heterocycles. The number of sulfonamides is 1. The van der Waals surface area contributed by atoms with E-state index in [2.05, 4.69) is 0 Å². The molecule has 0 saturated heterocycles. The van der Waals surface area contributed by atoms with Gasteiger partial charge in [-0.1, -0.05) is 18.2 Å². The van der Waals surface area contributed by atoms with Gasteiger partial charge in [0.15, 0.2) is 0 Å².